The van der Waals surface area contributed by atoms with Crippen molar-refractivity contribution in [1.29, 1.82) is 0 Å². The molecule has 0 radical (unpaired) electrons. The molecule has 0 bridgehead atoms. The second kappa shape index (κ2) is 6.32. The predicted molar refractivity (Wildman–Crippen MR) is 94.8 cm³/mol. The fourth-order valence-corrected chi connectivity index (χ4v) is 2.69. The molecule has 0 spiro atoms. The number of aryl methyl sites for hydroxylation is 2. The topological polar surface area (TPSA) is 59.4 Å². The van der Waals surface area contributed by atoms with Crippen LogP contribution in [-0.4, -0.2) is 22.7 Å². The van der Waals surface area contributed by atoms with E-state index in [2.05, 4.69) is 4.98 Å². The summed E-state index contributed by atoms with van der Waals surface area (Å²) in [6, 6.07) is 13.0. The molecule has 3 aromatic rings. The van der Waals surface area contributed by atoms with Crippen LogP contribution in [0, 0.1) is 13.8 Å². The van der Waals surface area contributed by atoms with Crippen LogP contribution < -0.4 is 4.74 Å². The van der Waals surface area contributed by atoms with Crippen LogP contribution in [0.4, 0.5) is 0 Å². The number of hydrogen-bond donors (Lipinski definition) is 1. The second-order valence-corrected chi connectivity index (χ2v) is 5.77. The molecule has 0 saturated heterocycles. The number of carbonyl (C=O) groups is 1. The zero-order valence-electron chi connectivity index (χ0n) is 14.0. The van der Waals surface area contributed by atoms with E-state index in [1.165, 1.54) is 5.56 Å². The van der Waals surface area contributed by atoms with E-state index in [1.54, 1.807) is 18.2 Å². The third-order valence-electron chi connectivity index (χ3n) is 4.12. The van der Waals surface area contributed by atoms with Crippen molar-refractivity contribution >= 4 is 16.9 Å². The van der Waals surface area contributed by atoms with E-state index >= 15 is 0 Å². The fourth-order valence-electron chi connectivity index (χ4n) is 2.69. The lowest BCUT2D eigenvalue weighted by Gasteiger charge is -2.10. The van der Waals surface area contributed by atoms with E-state index in [4.69, 9.17) is 4.74 Å². The Morgan fingerprint density at radius 2 is 1.88 bits per heavy atom. The number of hydrogen-bond acceptors (Lipinski definition) is 3. The third-order valence-corrected chi connectivity index (χ3v) is 4.12. The van der Waals surface area contributed by atoms with E-state index in [-0.39, 0.29) is 5.56 Å². The number of aromatic nitrogens is 1. The van der Waals surface area contributed by atoms with E-state index < -0.39 is 5.97 Å². The first-order valence-corrected chi connectivity index (χ1v) is 7.88. The average molecular weight is 321 g/mol. The van der Waals surface area contributed by atoms with Crippen LogP contribution in [0.25, 0.3) is 22.2 Å². The first-order chi connectivity index (χ1) is 11.5. The Hall–Kier alpha value is -2.88. The minimum atomic E-state index is -0.971. The summed E-state index contributed by atoms with van der Waals surface area (Å²) in [6.07, 6.45) is 0. The number of fused-ring (bicyclic) bond motifs is 1. The van der Waals surface area contributed by atoms with Gasteiger partial charge in [0.15, 0.2) is 0 Å². The lowest BCUT2D eigenvalue weighted by molar-refractivity contribution is 0.0699. The van der Waals surface area contributed by atoms with Gasteiger partial charge in [0.05, 0.1) is 23.4 Å². The van der Waals surface area contributed by atoms with Crippen molar-refractivity contribution in [2.45, 2.75) is 20.8 Å². The van der Waals surface area contributed by atoms with Crippen molar-refractivity contribution in [1.82, 2.24) is 4.98 Å². The molecule has 1 N–H and O–H groups in total. The molecule has 4 nitrogen and oxygen atoms in total. The number of ether oxygens (including phenoxy) is 1. The van der Waals surface area contributed by atoms with Crippen LogP contribution in [0.5, 0.6) is 5.75 Å². The average Bonchev–Trinajstić information content (AvgIpc) is 2.56. The molecule has 3 rings (SSSR count). The van der Waals surface area contributed by atoms with Crippen LogP contribution in [0.3, 0.4) is 0 Å². The standard InChI is InChI=1S/C20H19NO3/c1-4-24-15-7-8-18-16(10-15)17(20(22)23)11-19(21-18)14-6-5-12(2)13(3)9-14/h5-11H,4H2,1-3H3,(H,22,23). The lowest BCUT2D eigenvalue weighted by Crippen LogP contribution is -2.01. The summed E-state index contributed by atoms with van der Waals surface area (Å²) in [5.41, 5.74) is 4.79. The van der Waals surface area contributed by atoms with Crippen molar-refractivity contribution in [2.24, 2.45) is 0 Å². The Labute approximate surface area is 140 Å². The smallest absolute Gasteiger partial charge is 0.336 e. The highest BCUT2D eigenvalue weighted by Gasteiger charge is 2.14. The third kappa shape index (κ3) is 2.95. The molecule has 1 heterocycles. The van der Waals surface area contributed by atoms with Gasteiger partial charge in [-0.1, -0.05) is 12.1 Å². The van der Waals surface area contributed by atoms with Gasteiger partial charge in [-0.3, -0.25) is 0 Å². The molecule has 2 aromatic carbocycles. The van der Waals surface area contributed by atoms with Crippen molar-refractivity contribution in [3.8, 4) is 17.0 Å². The quantitative estimate of drug-likeness (QED) is 0.762. The lowest BCUT2D eigenvalue weighted by atomic mass is 10.0. The van der Waals surface area contributed by atoms with Crippen molar-refractivity contribution < 1.29 is 14.6 Å². The summed E-state index contributed by atoms with van der Waals surface area (Å²) in [7, 11) is 0. The number of rotatable bonds is 4. The van der Waals surface area contributed by atoms with Crippen molar-refractivity contribution in [3.63, 3.8) is 0 Å². The molecule has 0 aliphatic rings. The number of benzene rings is 2. The summed E-state index contributed by atoms with van der Waals surface area (Å²) in [6.45, 7) is 6.50. The summed E-state index contributed by atoms with van der Waals surface area (Å²) in [4.78, 5) is 16.4. The van der Waals surface area contributed by atoms with Crippen LogP contribution in [0.15, 0.2) is 42.5 Å². The van der Waals surface area contributed by atoms with Gasteiger partial charge < -0.3 is 9.84 Å². The fraction of sp³-hybridized carbons (Fsp3) is 0.200. The Bertz CT molecular complexity index is 932. The van der Waals surface area contributed by atoms with Crippen LogP contribution >= 0.6 is 0 Å². The molecule has 24 heavy (non-hydrogen) atoms. The Balaban J connectivity index is 2.22. The molecule has 0 unspecified atom stereocenters. The molecular weight excluding hydrogens is 302 g/mol. The highest BCUT2D eigenvalue weighted by atomic mass is 16.5. The molecule has 122 valence electrons. The van der Waals surface area contributed by atoms with Gasteiger partial charge in [-0.15, -0.1) is 0 Å². The summed E-state index contributed by atoms with van der Waals surface area (Å²) in [5, 5.41) is 10.2. The van der Waals surface area contributed by atoms with Crippen molar-refractivity contribution in [2.75, 3.05) is 6.61 Å². The zero-order valence-corrected chi connectivity index (χ0v) is 14.0. The monoisotopic (exact) mass is 321 g/mol. The van der Waals surface area contributed by atoms with Crippen LogP contribution in [0.1, 0.15) is 28.4 Å². The van der Waals surface area contributed by atoms with Gasteiger partial charge in [0.1, 0.15) is 5.75 Å². The SMILES string of the molecule is CCOc1ccc2nc(-c3ccc(C)c(C)c3)cc(C(=O)O)c2c1. The minimum absolute atomic E-state index is 0.231. The number of carboxylic acids is 1. The second-order valence-electron chi connectivity index (χ2n) is 5.77. The maximum absolute atomic E-state index is 11.7. The molecule has 0 aliphatic carbocycles. The minimum Gasteiger partial charge on any atom is -0.494 e. The summed E-state index contributed by atoms with van der Waals surface area (Å²) < 4.78 is 5.47. The summed E-state index contributed by atoms with van der Waals surface area (Å²) >= 11 is 0. The number of nitrogens with zero attached hydrogens (tertiary/aromatic N) is 1. The molecule has 0 amide bonds. The first-order valence-electron chi connectivity index (χ1n) is 7.88. The Morgan fingerprint density at radius 1 is 1.08 bits per heavy atom. The number of aromatic carboxylic acids is 1. The van der Waals surface area contributed by atoms with Crippen LogP contribution in [-0.2, 0) is 0 Å². The maximum Gasteiger partial charge on any atom is 0.336 e. The normalized spacial score (nSPS) is 10.8. The van der Waals surface area contributed by atoms with Gasteiger partial charge >= 0.3 is 5.97 Å². The number of pyridine rings is 1. The Kier molecular flexibility index (Phi) is 4.21. The predicted octanol–water partition coefficient (Wildman–Crippen LogP) is 4.62. The molecule has 0 saturated carbocycles. The maximum atomic E-state index is 11.7. The number of carboxylic acid groups (broad SMARTS) is 1. The zero-order chi connectivity index (χ0) is 17.3. The van der Waals surface area contributed by atoms with Gasteiger partial charge in [0, 0.05) is 10.9 Å². The molecule has 0 aliphatic heterocycles. The van der Waals surface area contributed by atoms with Crippen molar-refractivity contribution in [3.05, 3.63) is 59.2 Å². The van der Waals surface area contributed by atoms with Gasteiger partial charge in [0.2, 0.25) is 0 Å². The molecule has 1 aromatic heterocycles. The highest BCUT2D eigenvalue weighted by Crippen LogP contribution is 2.28. The van der Waals surface area contributed by atoms with Gasteiger partial charge in [-0.2, -0.15) is 0 Å². The largest absolute Gasteiger partial charge is 0.494 e. The van der Waals surface area contributed by atoms with Gasteiger partial charge in [0.25, 0.3) is 0 Å². The Morgan fingerprint density at radius 3 is 2.54 bits per heavy atom. The first kappa shape index (κ1) is 16.0. The van der Waals surface area contributed by atoms with E-state index in [1.807, 2.05) is 45.0 Å². The van der Waals surface area contributed by atoms with E-state index in [0.717, 1.165) is 11.1 Å². The molecule has 0 atom stereocenters. The van der Waals surface area contributed by atoms with Gasteiger partial charge in [-0.25, -0.2) is 9.78 Å². The van der Waals surface area contributed by atoms with Gasteiger partial charge in [-0.05, 0) is 62.2 Å². The molecule has 0 fully saturated rings. The summed E-state index contributed by atoms with van der Waals surface area (Å²) in [5.74, 6) is -0.325. The highest BCUT2D eigenvalue weighted by molar-refractivity contribution is 6.04. The van der Waals surface area contributed by atoms with Crippen LogP contribution in [0.2, 0.25) is 0 Å². The van der Waals surface area contributed by atoms with E-state index in [9.17, 15) is 9.90 Å². The molecule has 4 heteroatoms. The molecular formula is C20H19NO3. The van der Waals surface area contributed by atoms with E-state index in [0.29, 0.717) is 29.0 Å².